The maximum Gasteiger partial charge on any atom is 0.243 e. The van der Waals surface area contributed by atoms with Crippen LogP contribution in [0.15, 0.2) is 24.3 Å². The summed E-state index contributed by atoms with van der Waals surface area (Å²) in [5.74, 6) is -5.89. The van der Waals surface area contributed by atoms with Gasteiger partial charge in [0.25, 0.3) is 0 Å². The van der Waals surface area contributed by atoms with Gasteiger partial charge in [-0.05, 0) is 43.4 Å². The van der Waals surface area contributed by atoms with Crippen LogP contribution in [-0.2, 0) is 40.0 Å². The predicted octanol–water partition coefficient (Wildman–Crippen LogP) is -3.83. The number of amides is 7. The van der Waals surface area contributed by atoms with Gasteiger partial charge in [-0.3, -0.25) is 39.0 Å². The number of hydrogen-bond donors (Lipinski definition) is 11. The molecule has 18 nitrogen and oxygen atoms in total. The minimum absolute atomic E-state index is 0.0148. The summed E-state index contributed by atoms with van der Waals surface area (Å²) in [4.78, 5) is 86.5. The van der Waals surface area contributed by atoms with Crippen LogP contribution in [0.25, 0.3) is 0 Å². The highest BCUT2D eigenvalue weighted by molar-refractivity contribution is 5.95. The third-order valence-electron chi connectivity index (χ3n) is 6.34. The van der Waals surface area contributed by atoms with E-state index in [0.29, 0.717) is 12.0 Å². The molecule has 15 N–H and O–H groups in total. The molecule has 0 bridgehead atoms. The Morgan fingerprint density at radius 1 is 0.711 bits per heavy atom. The van der Waals surface area contributed by atoms with Gasteiger partial charge < -0.3 is 54.6 Å². The highest BCUT2D eigenvalue weighted by Crippen LogP contribution is 2.12. The molecule has 7 amide bonds. The number of phenols is 1. The Kier molecular flexibility index (Phi) is 15.9. The van der Waals surface area contributed by atoms with Crippen LogP contribution in [-0.4, -0.2) is 83.1 Å². The summed E-state index contributed by atoms with van der Waals surface area (Å²) in [6, 6.07) is 0.610. The van der Waals surface area contributed by atoms with Crippen molar-refractivity contribution >= 4 is 47.3 Å². The molecule has 1 aromatic rings. The number of hydrogen-bond acceptors (Lipinski definition) is 9. The van der Waals surface area contributed by atoms with Gasteiger partial charge in [0.1, 0.15) is 29.9 Å². The van der Waals surface area contributed by atoms with Gasteiger partial charge in [-0.15, -0.1) is 0 Å². The van der Waals surface area contributed by atoms with Gasteiger partial charge >= 0.3 is 0 Å². The molecule has 0 unspecified atom stereocenters. The Morgan fingerprint density at radius 2 is 1.16 bits per heavy atom. The number of phenolic OH excluding ortho intramolecular Hbond substituents is 1. The molecule has 0 aliphatic carbocycles. The second-order valence-electron chi connectivity index (χ2n) is 10.2. The molecule has 0 fully saturated rings. The first-order valence-corrected chi connectivity index (χ1v) is 14.0. The number of benzene rings is 1. The molecule has 18 heteroatoms. The minimum atomic E-state index is -1.43. The van der Waals surface area contributed by atoms with Crippen LogP contribution in [0.3, 0.4) is 0 Å². The number of primary amides is 3. The summed E-state index contributed by atoms with van der Waals surface area (Å²) in [6.07, 6.45) is -0.894. The van der Waals surface area contributed by atoms with Crippen molar-refractivity contribution in [2.24, 2.45) is 22.9 Å². The molecule has 0 aliphatic heterocycles. The number of nitrogens with two attached hydrogens (primary N) is 4. The first-order valence-electron chi connectivity index (χ1n) is 14.0. The average molecular weight is 635 g/mol. The highest BCUT2D eigenvalue weighted by atomic mass is 16.3. The Morgan fingerprint density at radius 3 is 1.56 bits per heavy atom. The first-order chi connectivity index (χ1) is 21.1. The molecule has 0 heterocycles. The lowest BCUT2D eigenvalue weighted by Crippen LogP contribution is -2.58. The fourth-order valence-electron chi connectivity index (χ4n) is 4.06. The van der Waals surface area contributed by atoms with Crippen molar-refractivity contribution in [1.29, 1.82) is 5.41 Å². The van der Waals surface area contributed by atoms with Gasteiger partial charge in [-0.25, -0.2) is 0 Å². The topological polar surface area (TPSA) is 328 Å². The van der Waals surface area contributed by atoms with E-state index in [1.807, 2.05) is 0 Å². The van der Waals surface area contributed by atoms with E-state index >= 15 is 0 Å². The summed E-state index contributed by atoms with van der Waals surface area (Å²) >= 11 is 0. The zero-order chi connectivity index (χ0) is 34.1. The van der Waals surface area contributed by atoms with Gasteiger partial charge in [-0.1, -0.05) is 12.1 Å². The van der Waals surface area contributed by atoms with Gasteiger partial charge in [0, 0.05) is 32.7 Å². The fraction of sp³-hybridized carbons (Fsp3) is 0.481. The number of carbonyl (C=O) groups is 7. The number of nitrogens with one attached hydrogen (secondary N) is 6. The summed E-state index contributed by atoms with van der Waals surface area (Å²) in [5, 5.41) is 29.0. The second kappa shape index (κ2) is 19.0. The lowest BCUT2D eigenvalue weighted by atomic mass is 10.0. The van der Waals surface area contributed by atoms with Crippen molar-refractivity contribution in [2.45, 2.75) is 76.0 Å². The number of aromatic hydroxyl groups is 1. The van der Waals surface area contributed by atoms with Crippen molar-refractivity contribution in [1.82, 2.24) is 26.6 Å². The number of rotatable bonds is 20. The molecule has 0 saturated carbocycles. The van der Waals surface area contributed by atoms with Gasteiger partial charge in [0.15, 0.2) is 5.96 Å². The largest absolute Gasteiger partial charge is 0.508 e. The Bertz CT molecular complexity index is 1240. The fourth-order valence-corrected chi connectivity index (χ4v) is 4.06. The van der Waals surface area contributed by atoms with Crippen molar-refractivity contribution in [2.75, 3.05) is 6.54 Å². The lowest BCUT2D eigenvalue weighted by molar-refractivity contribution is -0.135. The predicted molar refractivity (Wildman–Crippen MR) is 160 cm³/mol. The Labute approximate surface area is 259 Å². The first kappa shape index (κ1) is 37.6. The Balaban J connectivity index is 3.14. The smallest absolute Gasteiger partial charge is 0.243 e. The summed E-state index contributed by atoms with van der Waals surface area (Å²) < 4.78 is 0. The van der Waals surface area contributed by atoms with Crippen molar-refractivity contribution in [3.05, 3.63) is 29.8 Å². The zero-order valence-electron chi connectivity index (χ0n) is 24.9. The third-order valence-corrected chi connectivity index (χ3v) is 6.34. The molecule has 1 aromatic carbocycles. The van der Waals surface area contributed by atoms with Crippen LogP contribution in [0.2, 0.25) is 0 Å². The van der Waals surface area contributed by atoms with Gasteiger partial charge in [0.2, 0.25) is 41.4 Å². The van der Waals surface area contributed by atoms with E-state index in [0.717, 1.165) is 0 Å². The number of guanidine groups is 1. The van der Waals surface area contributed by atoms with Crippen LogP contribution >= 0.6 is 0 Å². The summed E-state index contributed by atoms with van der Waals surface area (Å²) in [5.41, 5.74) is 21.7. The average Bonchev–Trinajstić information content (AvgIpc) is 2.94. The molecule has 45 heavy (non-hydrogen) atoms. The molecule has 4 atom stereocenters. The van der Waals surface area contributed by atoms with Crippen molar-refractivity contribution in [3.8, 4) is 5.75 Å². The van der Waals surface area contributed by atoms with Crippen LogP contribution in [0.4, 0.5) is 0 Å². The minimum Gasteiger partial charge on any atom is -0.508 e. The maximum atomic E-state index is 13.3. The van der Waals surface area contributed by atoms with Crippen molar-refractivity contribution < 1.29 is 38.7 Å². The van der Waals surface area contributed by atoms with Gasteiger partial charge in [0.05, 0.1) is 0 Å². The van der Waals surface area contributed by atoms with E-state index < -0.39 is 65.5 Å². The van der Waals surface area contributed by atoms with Crippen molar-refractivity contribution in [3.63, 3.8) is 0 Å². The van der Waals surface area contributed by atoms with E-state index in [1.54, 1.807) is 0 Å². The standard InChI is InChI=1S/C27H42N10O8/c1-14(38)34-17(3-2-12-33-27(31)32)24(43)35-18(8-10-21(28)40)25(44)36-19(9-11-22(29)41)26(45)37-20(23(30)42)13-15-4-6-16(39)7-5-15/h4-7,17-20,39H,2-3,8-13H2,1H3,(H2,28,40)(H2,29,41)(H2,30,42)(H,34,38)(H,35,43)(H,36,44)(H,37,45)(H4,31,32,33)/t17-,18-,19-,20-/m0/s1. The molecule has 0 radical (unpaired) electrons. The summed E-state index contributed by atoms with van der Waals surface area (Å²) in [7, 11) is 0. The van der Waals surface area contributed by atoms with Crippen LogP contribution in [0, 0.1) is 5.41 Å². The normalized spacial score (nSPS) is 13.2. The van der Waals surface area contributed by atoms with E-state index in [2.05, 4.69) is 26.6 Å². The van der Waals surface area contributed by atoms with Gasteiger partial charge in [-0.2, -0.15) is 0 Å². The zero-order valence-corrected chi connectivity index (χ0v) is 24.9. The van der Waals surface area contributed by atoms with E-state index in [1.165, 1.54) is 31.2 Å². The van der Waals surface area contributed by atoms with Crippen LogP contribution < -0.4 is 49.5 Å². The molecule has 1 rings (SSSR count). The second-order valence-corrected chi connectivity index (χ2v) is 10.2. The number of carbonyl (C=O) groups excluding carboxylic acids is 7. The van der Waals surface area contributed by atoms with E-state index in [9.17, 15) is 38.7 Å². The molecule has 0 aliphatic rings. The quantitative estimate of drug-likeness (QED) is 0.0377. The molecule has 0 spiro atoms. The molecular formula is C27H42N10O8. The van der Waals surface area contributed by atoms with Crippen LogP contribution in [0.5, 0.6) is 5.75 Å². The molecule has 0 aromatic heterocycles. The van der Waals surface area contributed by atoms with E-state index in [-0.39, 0.29) is 56.8 Å². The van der Waals surface area contributed by atoms with Crippen LogP contribution in [0.1, 0.15) is 51.0 Å². The maximum absolute atomic E-state index is 13.3. The molecular weight excluding hydrogens is 592 g/mol. The van der Waals surface area contributed by atoms with E-state index in [4.69, 9.17) is 28.3 Å². The Hall–Kier alpha value is -5.42. The highest BCUT2D eigenvalue weighted by Gasteiger charge is 2.31. The summed E-state index contributed by atoms with van der Waals surface area (Å²) in [6.45, 7) is 1.41. The lowest BCUT2D eigenvalue weighted by Gasteiger charge is -2.26. The third kappa shape index (κ3) is 15.6. The monoisotopic (exact) mass is 634 g/mol. The molecule has 248 valence electrons. The molecule has 0 saturated heterocycles. The SMILES string of the molecule is CC(=O)N[C@@H](CCCNC(=N)N)C(=O)N[C@@H](CCC(N)=O)C(=O)N[C@@H](CCC(N)=O)C(=O)N[C@@H](Cc1ccc(O)cc1)C(N)=O.